The van der Waals surface area contributed by atoms with Gasteiger partial charge in [-0.05, 0) is 19.1 Å². The molecule has 6 nitrogen and oxygen atoms in total. The number of hydrogen-bond acceptors (Lipinski definition) is 6. The summed E-state index contributed by atoms with van der Waals surface area (Å²) in [6.07, 6.45) is 1.68. The molecule has 0 radical (unpaired) electrons. The predicted octanol–water partition coefficient (Wildman–Crippen LogP) is 2.68. The highest BCUT2D eigenvalue weighted by atomic mass is 16.3. The molecule has 0 aliphatic carbocycles. The zero-order valence-electron chi connectivity index (χ0n) is 13.1. The Hall–Kier alpha value is -2.08. The second-order valence-electron chi connectivity index (χ2n) is 5.92. The molecule has 2 heterocycles. The number of rotatable bonds is 5. The van der Waals surface area contributed by atoms with Gasteiger partial charge in [-0.1, -0.05) is 20.8 Å². The van der Waals surface area contributed by atoms with Crippen LogP contribution in [0.15, 0.2) is 28.9 Å². The molecule has 0 atom stereocenters. The Morgan fingerprint density at radius 1 is 1.33 bits per heavy atom. The predicted molar refractivity (Wildman–Crippen MR) is 84.0 cm³/mol. The number of aromatic nitrogens is 2. The Labute approximate surface area is 125 Å². The van der Waals surface area contributed by atoms with E-state index in [4.69, 9.17) is 10.3 Å². The molecular formula is C15H23N5O. The topological polar surface area (TPSA) is 80.2 Å². The summed E-state index contributed by atoms with van der Waals surface area (Å²) in [5.74, 6) is 8.63. The van der Waals surface area contributed by atoms with Gasteiger partial charge >= 0.3 is 0 Å². The van der Waals surface area contributed by atoms with Crippen molar-refractivity contribution in [2.45, 2.75) is 39.7 Å². The zero-order valence-corrected chi connectivity index (χ0v) is 13.1. The lowest BCUT2D eigenvalue weighted by Gasteiger charge is -2.24. The van der Waals surface area contributed by atoms with E-state index < -0.39 is 0 Å². The van der Waals surface area contributed by atoms with Crippen LogP contribution in [-0.2, 0) is 12.0 Å². The van der Waals surface area contributed by atoms with E-state index in [0.717, 1.165) is 23.9 Å². The fraction of sp³-hybridized carbons (Fsp3) is 0.467. The van der Waals surface area contributed by atoms with E-state index in [0.29, 0.717) is 12.4 Å². The summed E-state index contributed by atoms with van der Waals surface area (Å²) < 4.78 is 5.42. The van der Waals surface area contributed by atoms with Crippen molar-refractivity contribution in [3.05, 3.63) is 36.0 Å². The van der Waals surface area contributed by atoms with E-state index in [1.165, 1.54) is 0 Å². The third-order valence-corrected chi connectivity index (χ3v) is 3.16. The van der Waals surface area contributed by atoms with Gasteiger partial charge in [0.05, 0.1) is 12.8 Å². The van der Waals surface area contributed by atoms with Crippen LogP contribution >= 0.6 is 0 Å². The summed E-state index contributed by atoms with van der Waals surface area (Å²) in [6.45, 7) is 9.79. The number of hydrazine groups is 1. The summed E-state index contributed by atoms with van der Waals surface area (Å²) in [7, 11) is 0. The largest absolute Gasteiger partial charge is 0.467 e. The summed E-state index contributed by atoms with van der Waals surface area (Å²) >= 11 is 0. The van der Waals surface area contributed by atoms with Crippen molar-refractivity contribution in [1.29, 1.82) is 0 Å². The van der Waals surface area contributed by atoms with Gasteiger partial charge in [0.15, 0.2) is 0 Å². The van der Waals surface area contributed by atoms with Crippen LogP contribution in [-0.4, -0.2) is 16.5 Å². The second kappa shape index (κ2) is 6.13. The standard InChI is InChI=1S/C15H23N5O/c1-5-20(10-11-7-6-8-21-11)13-9-12(19-16)17-14(18-13)15(2,3)4/h6-9H,5,10,16H2,1-4H3,(H,17,18,19). The summed E-state index contributed by atoms with van der Waals surface area (Å²) in [6, 6.07) is 5.69. The van der Waals surface area contributed by atoms with Crippen molar-refractivity contribution >= 4 is 11.6 Å². The normalized spacial score (nSPS) is 11.5. The van der Waals surface area contributed by atoms with Crippen molar-refractivity contribution in [2.24, 2.45) is 5.84 Å². The minimum atomic E-state index is -0.147. The minimum absolute atomic E-state index is 0.147. The lowest BCUT2D eigenvalue weighted by Crippen LogP contribution is -2.26. The van der Waals surface area contributed by atoms with Gasteiger partial charge in [0.1, 0.15) is 23.2 Å². The molecule has 0 saturated carbocycles. The molecule has 0 unspecified atom stereocenters. The van der Waals surface area contributed by atoms with E-state index in [1.54, 1.807) is 6.26 Å². The van der Waals surface area contributed by atoms with Crippen molar-refractivity contribution in [3.63, 3.8) is 0 Å². The van der Waals surface area contributed by atoms with Crippen molar-refractivity contribution in [2.75, 3.05) is 16.9 Å². The van der Waals surface area contributed by atoms with Crippen LogP contribution in [0.2, 0.25) is 0 Å². The van der Waals surface area contributed by atoms with Gasteiger partial charge in [-0.25, -0.2) is 15.8 Å². The van der Waals surface area contributed by atoms with Gasteiger partial charge in [-0.2, -0.15) is 0 Å². The first-order chi connectivity index (χ1) is 9.94. The molecule has 0 amide bonds. The fourth-order valence-corrected chi connectivity index (χ4v) is 1.95. The number of nitrogen functional groups attached to an aromatic ring is 1. The molecule has 2 aromatic heterocycles. The average Bonchev–Trinajstić information content (AvgIpc) is 2.96. The lowest BCUT2D eigenvalue weighted by molar-refractivity contribution is 0.501. The molecule has 6 heteroatoms. The number of furan rings is 1. The van der Waals surface area contributed by atoms with Crippen molar-refractivity contribution in [1.82, 2.24) is 9.97 Å². The van der Waals surface area contributed by atoms with Crippen LogP contribution in [0, 0.1) is 0 Å². The fourth-order valence-electron chi connectivity index (χ4n) is 1.95. The van der Waals surface area contributed by atoms with Gasteiger partial charge in [-0.3, -0.25) is 0 Å². The molecule has 0 spiro atoms. The maximum atomic E-state index is 5.53. The SMILES string of the molecule is CCN(Cc1ccco1)c1cc(NN)nc(C(C)(C)C)n1. The van der Waals surface area contributed by atoms with Crippen LogP contribution in [0.25, 0.3) is 0 Å². The van der Waals surface area contributed by atoms with Crippen molar-refractivity contribution < 1.29 is 4.42 Å². The smallest absolute Gasteiger partial charge is 0.145 e. The Kier molecular flexibility index (Phi) is 4.47. The summed E-state index contributed by atoms with van der Waals surface area (Å²) in [4.78, 5) is 11.2. The van der Waals surface area contributed by atoms with Crippen LogP contribution in [0.3, 0.4) is 0 Å². The van der Waals surface area contributed by atoms with Gasteiger partial charge in [0, 0.05) is 18.0 Å². The Morgan fingerprint density at radius 2 is 2.10 bits per heavy atom. The quantitative estimate of drug-likeness (QED) is 0.650. The van der Waals surface area contributed by atoms with Crippen molar-refractivity contribution in [3.8, 4) is 0 Å². The van der Waals surface area contributed by atoms with Crippen LogP contribution in [0.1, 0.15) is 39.3 Å². The summed E-state index contributed by atoms with van der Waals surface area (Å²) in [5, 5.41) is 0. The second-order valence-corrected chi connectivity index (χ2v) is 5.92. The van der Waals surface area contributed by atoms with E-state index in [9.17, 15) is 0 Å². The molecule has 0 aliphatic heterocycles. The first-order valence-corrected chi connectivity index (χ1v) is 7.07. The van der Waals surface area contributed by atoms with Crippen LogP contribution < -0.4 is 16.2 Å². The number of nitrogens with zero attached hydrogens (tertiary/aromatic N) is 3. The third-order valence-electron chi connectivity index (χ3n) is 3.16. The van der Waals surface area contributed by atoms with E-state index in [-0.39, 0.29) is 5.41 Å². The number of hydrogen-bond donors (Lipinski definition) is 2. The van der Waals surface area contributed by atoms with E-state index in [1.807, 2.05) is 18.2 Å². The van der Waals surface area contributed by atoms with Gasteiger partial charge in [0.2, 0.25) is 0 Å². The van der Waals surface area contributed by atoms with Crippen LogP contribution in [0.5, 0.6) is 0 Å². The highest BCUT2D eigenvalue weighted by Gasteiger charge is 2.20. The molecule has 0 bridgehead atoms. The third kappa shape index (κ3) is 3.72. The Bertz CT molecular complexity index is 574. The molecule has 0 aromatic carbocycles. The monoisotopic (exact) mass is 289 g/mol. The van der Waals surface area contributed by atoms with E-state index in [2.05, 4.69) is 48.0 Å². The minimum Gasteiger partial charge on any atom is -0.467 e. The number of nitrogens with one attached hydrogen (secondary N) is 1. The molecule has 2 rings (SSSR count). The highest BCUT2D eigenvalue weighted by Crippen LogP contribution is 2.24. The van der Waals surface area contributed by atoms with Gasteiger partial charge < -0.3 is 14.7 Å². The molecule has 114 valence electrons. The van der Waals surface area contributed by atoms with Gasteiger partial charge in [0.25, 0.3) is 0 Å². The zero-order chi connectivity index (χ0) is 15.5. The molecule has 0 saturated heterocycles. The van der Waals surface area contributed by atoms with Gasteiger partial charge in [-0.15, -0.1) is 0 Å². The lowest BCUT2D eigenvalue weighted by atomic mass is 9.96. The first kappa shape index (κ1) is 15.3. The first-order valence-electron chi connectivity index (χ1n) is 7.07. The molecular weight excluding hydrogens is 266 g/mol. The highest BCUT2D eigenvalue weighted by molar-refractivity contribution is 5.49. The molecule has 0 fully saturated rings. The molecule has 0 aliphatic rings. The van der Waals surface area contributed by atoms with Crippen LogP contribution in [0.4, 0.5) is 11.6 Å². The Morgan fingerprint density at radius 3 is 2.62 bits per heavy atom. The summed E-state index contributed by atoms with van der Waals surface area (Å²) in [5.41, 5.74) is 2.47. The average molecular weight is 289 g/mol. The molecule has 21 heavy (non-hydrogen) atoms. The number of nitrogens with two attached hydrogens (primary N) is 1. The molecule has 2 aromatic rings. The molecule has 3 N–H and O–H groups in total. The number of anilines is 2. The maximum absolute atomic E-state index is 5.53. The maximum Gasteiger partial charge on any atom is 0.145 e. The van der Waals surface area contributed by atoms with E-state index >= 15 is 0 Å². The Balaban J connectivity index is 2.35.